The lowest BCUT2D eigenvalue weighted by Crippen LogP contribution is -2.59. The van der Waals surface area contributed by atoms with Crippen LogP contribution in [-0.2, 0) is 19.6 Å². The Balaban J connectivity index is 2.54. The van der Waals surface area contributed by atoms with E-state index in [0.717, 1.165) is 6.07 Å². The van der Waals surface area contributed by atoms with Gasteiger partial charge in [-0.15, -0.1) is 0 Å². The molecular weight excluding hydrogens is 323 g/mol. The molecule has 1 N–H and O–H groups in total. The first kappa shape index (κ1) is 17.8. The third kappa shape index (κ3) is 2.98. The zero-order chi connectivity index (χ0) is 17.3. The number of aryl methyl sites for hydroxylation is 1. The molecule has 1 unspecified atom stereocenters. The first-order valence-corrected chi connectivity index (χ1v) is 8.74. The van der Waals surface area contributed by atoms with Crippen molar-refractivity contribution in [2.45, 2.75) is 30.2 Å². The number of halogens is 1. The Morgan fingerprint density at radius 1 is 1.48 bits per heavy atom. The Labute approximate surface area is 135 Å². The summed E-state index contributed by atoms with van der Waals surface area (Å²) < 4.78 is 45.7. The molecule has 1 fully saturated rings. The fraction of sp³-hybridized carbons (Fsp3) is 0.533. The summed E-state index contributed by atoms with van der Waals surface area (Å²) >= 11 is 0. The number of carbonyl (C=O) groups is 1. The van der Waals surface area contributed by atoms with Crippen LogP contribution in [0.4, 0.5) is 4.39 Å². The molecular formula is C15H21FN2O4S. The standard InChI is InChI=1S/C15H21FN2O4S/c1-11-9-12(16)5-6-13(11)23(20,21)18-8-4-7-15(18,10-22-3)14(19)17-2/h5-6,9H,4,7-8,10H2,1-3H3,(H,17,19). The lowest BCUT2D eigenvalue weighted by Gasteiger charge is -2.35. The molecule has 23 heavy (non-hydrogen) atoms. The Kier molecular flexibility index (Phi) is 5.07. The molecule has 2 rings (SSSR count). The Morgan fingerprint density at radius 2 is 2.17 bits per heavy atom. The minimum atomic E-state index is -3.95. The molecule has 6 nitrogen and oxygen atoms in total. The van der Waals surface area contributed by atoms with Gasteiger partial charge >= 0.3 is 0 Å². The molecule has 1 aromatic carbocycles. The van der Waals surface area contributed by atoms with Crippen molar-refractivity contribution in [1.82, 2.24) is 9.62 Å². The number of likely N-dealkylation sites (N-methyl/N-ethyl adjacent to an activating group) is 1. The third-order valence-corrected chi connectivity index (χ3v) is 6.29. The van der Waals surface area contributed by atoms with Crippen LogP contribution in [0, 0.1) is 12.7 Å². The molecule has 1 aliphatic heterocycles. The summed E-state index contributed by atoms with van der Waals surface area (Å²) in [7, 11) is -1.05. The molecule has 1 amide bonds. The second kappa shape index (κ2) is 6.54. The van der Waals surface area contributed by atoms with E-state index in [1.807, 2.05) is 0 Å². The van der Waals surface area contributed by atoms with Gasteiger partial charge < -0.3 is 10.1 Å². The van der Waals surface area contributed by atoms with E-state index >= 15 is 0 Å². The molecule has 1 saturated heterocycles. The quantitative estimate of drug-likeness (QED) is 0.866. The number of methoxy groups -OCH3 is 1. The van der Waals surface area contributed by atoms with Gasteiger partial charge in [0.25, 0.3) is 0 Å². The normalized spacial score (nSPS) is 22.3. The van der Waals surface area contributed by atoms with E-state index in [-0.39, 0.29) is 18.0 Å². The van der Waals surface area contributed by atoms with Crippen molar-refractivity contribution >= 4 is 15.9 Å². The van der Waals surface area contributed by atoms with Crippen LogP contribution in [0.1, 0.15) is 18.4 Å². The largest absolute Gasteiger partial charge is 0.382 e. The van der Waals surface area contributed by atoms with Crippen molar-refractivity contribution in [3.8, 4) is 0 Å². The molecule has 8 heteroatoms. The lowest BCUT2D eigenvalue weighted by molar-refractivity contribution is -0.131. The van der Waals surface area contributed by atoms with Gasteiger partial charge in [-0.3, -0.25) is 4.79 Å². The second-order valence-electron chi connectivity index (χ2n) is 5.63. The van der Waals surface area contributed by atoms with Crippen molar-refractivity contribution in [3.05, 3.63) is 29.6 Å². The topological polar surface area (TPSA) is 75.7 Å². The van der Waals surface area contributed by atoms with Crippen molar-refractivity contribution in [2.24, 2.45) is 0 Å². The van der Waals surface area contributed by atoms with Crippen LogP contribution in [0.2, 0.25) is 0 Å². The van der Waals surface area contributed by atoms with Crippen molar-refractivity contribution < 1.29 is 22.3 Å². The number of benzene rings is 1. The highest BCUT2D eigenvalue weighted by molar-refractivity contribution is 7.89. The number of ether oxygens (including phenoxy) is 1. The van der Waals surface area contributed by atoms with E-state index in [2.05, 4.69) is 5.32 Å². The molecule has 0 radical (unpaired) electrons. The zero-order valence-electron chi connectivity index (χ0n) is 13.4. The number of nitrogens with one attached hydrogen (secondary N) is 1. The van der Waals surface area contributed by atoms with Crippen molar-refractivity contribution in [3.63, 3.8) is 0 Å². The zero-order valence-corrected chi connectivity index (χ0v) is 14.2. The molecule has 128 valence electrons. The van der Waals surface area contributed by atoms with Gasteiger partial charge in [0.05, 0.1) is 11.5 Å². The van der Waals surface area contributed by atoms with Gasteiger partial charge in [0.2, 0.25) is 15.9 Å². The van der Waals surface area contributed by atoms with Crippen LogP contribution in [0.25, 0.3) is 0 Å². The maximum absolute atomic E-state index is 13.3. The maximum atomic E-state index is 13.3. The molecule has 1 aliphatic rings. The van der Waals surface area contributed by atoms with Gasteiger partial charge in [0.15, 0.2) is 0 Å². The highest BCUT2D eigenvalue weighted by Crippen LogP contribution is 2.36. The van der Waals surface area contributed by atoms with Gasteiger partial charge in [0, 0.05) is 20.7 Å². The first-order chi connectivity index (χ1) is 10.8. The summed E-state index contributed by atoms with van der Waals surface area (Å²) in [6.07, 6.45) is 0.927. The Bertz CT molecular complexity index is 707. The second-order valence-corrected chi connectivity index (χ2v) is 7.46. The third-order valence-electron chi connectivity index (χ3n) is 4.17. The van der Waals surface area contributed by atoms with Crippen LogP contribution in [0.3, 0.4) is 0 Å². The molecule has 1 heterocycles. The maximum Gasteiger partial charge on any atom is 0.244 e. The molecule has 0 aromatic heterocycles. The number of rotatable bonds is 5. The number of nitrogens with zero attached hydrogens (tertiary/aromatic N) is 1. The van der Waals surface area contributed by atoms with Gasteiger partial charge in [-0.25, -0.2) is 12.8 Å². The van der Waals surface area contributed by atoms with E-state index in [4.69, 9.17) is 4.74 Å². The monoisotopic (exact) mass is 344 g/mol. The number of hydrogen-bond donors (Lipinski definition) is 1. The minimum absolute atomic E-state index is 0.00480. The van der Waals surface area contributed by atoms with E-state index in [0.29, 0.717) is 18.4 Å². The molecule has 0 saturated carbocycles. The summed E-state index contributed by atoms with van der Waals surface area (Å²) in [5, 5.41) is 2.52. The Morgan fingerprint density at radius 3 is 2.74 bits per heavy atom. The SMILES string of the molecule is CNC(=O)C1(COC)CCCN1S(=O)(=O)c1ccc(F)cc1C. The van der Waals surface area contributed by atoms with E-state index in [1.165, 1.54) is 37.5 Å². The van der Waals surface area contributed by atoms with Crippen LogP contribution in [-0.4, -0.2) is 51.5 Å². The predicted molar refractivity (Wildman–Crippen MR) is 82.9 cm³/mol. The first-order valence-electron chi connectivity index (χ1n) is 7.30. The van der Waals surface area contributed by atoms with Crippen molar-refractivity contribution in [2.75, 3.05) is 27.3 Å². The molecule has 1 atom stereocenters. The number of sulfonamides is 1. The number of carbonyl (C=O) groups excluding carboxylic acids is 1. The molecule has 0 aliphatic carbocycles. The smallest absolute Gasteiger partial charge is 0.244 e. The van der Waals surface area contributed by atoms with Crippen LogP contribution in [0.15, 0.2) is 23.1 Å². The average molecular weight is 344 g/mol. The van der Waals surface area contributed by atoms with Gasteiger partial charge in [-0.1, -0.05) is 0 Å². The molecule has 0 spiro atoms. The number of amides is 1. The lowest BCUT2D eigenvalue weighted by atomic mass is 9.97. The fourth-order valence-corrected chi connectivity index (χ4v) is 5.13. The summed E-state index contributed by atoms with van der Waals surface area (Å²) in [5.74, 6) is -0.905. The van der Waals surface area contributed by atoms with Gasteiger partial charge in [-0.05, 0) is 43.5 Å². The van der Waals surface area contributed by atoms with E-state index in [1.54, 1.807) is 0 Å². The van der Waals surface area contributed by atoms with Gasteiger partial charge in [-0.2, -0.15) is 4.31 Å². The Hall–Kier alpha value is -1.51. The average Bonchev–Trinajstić information content (AvgIpc) is 2.92. The predicted octanol–water partition coefficient (Wildman–Crippen LogP) is 1.05. The summed E-state index contributed by atoms with van der Waals surface area (Å²) in [4.78, 5) is 12.4. The van der Waals surface area contributed by atoms with E-state index < -0.39 is 27.3 Å². The van der Waals surface area contributed by atoms with Crippen LogP contribution in [0.5, 0.6) is 0 Å². The minimum Gasteiger partial charge on any atom is -0.382 e. The molecule has 1 aromatic rings. The highest BCUT2D eigenvalue weighted by atomic mass is 32.2. The van der Waals surface area contributed by atoms with E-state index in [9.17, 15) is 17.6 Å². The van der Waals surface area contributed by atoms with Crippen LogP contribution >= 0.6 is 0 Å². The van der Waals surface area contributed by atoms with Crippen molar-refractivity contribution in [1.29, 1.82) is 0 Å². The highest BCUT2D eigenvalue weighted by Gasteiger charge is 2.53. The summed E-state index contributed by atoms with van der Waals surface area (Å²) in [5.41, 5.74) is -0.969. The fourth-order valence-electron chi connectivity index (χ4n) is 3.13. The summed E-state index contributed by atoms with van der Waals surface area (Å²) in [6, 6.07) is 3.51. The molecule has 0 bridgehead atoms. The van der Waals surface area contributed by atoms with Gasteiger partial charge in [0.1, 0.15) is 11.4 Å². The van der Waals surface area contributed by atoms with Crippen LogP contribution < -0.4 is 5.32 Å². The summed E-state index contributed by atoms with van der Waals surface area (Å²) in [6.45, 7) is 1.71. The number of hydrogen-bond acceptors (Lipinski definition) is 4.